The molecule has 27 heavy (non-hydrogen) atoms. The molecule has 0 saturated heterocycles. The summed E-state index contributed by atoms with van der Waals surface area (Å²) >= 11 is 0. The summed E-state index contributed by atoms with van der Waals surface area (Å²) < 4.78 is 1.42. The SMILES string of the molecule is CC(=O)[O-].CC(=O)[O-].CCCC[N+](CCCC)(CCCC)CCCC.[F-].[Pd+2]. The molecule has 0 unspecified atom stereocenters. The molecule has 0 atom stereocenters. The number of hydrogen-bond donors (Lipinski definition) is 0. The minimum Gasteiger partial charge on any atom is -1.00 e. The van der Waals surface area contributed by atoms with Crippen molar-refractivity contribution in [2.75, 3.05) is 26.2 Å². The minimum atomic E-state index is -1.08. The van der Waals surface area contributed by atoms with Crippen LogP contribution in [0.1, 0.15) is 92.9 Å². The van der Waals surface area contributed by atoms with E-state index in [2.05, 4.69) is 27.7 Å². The van der Waals surface area contributed by atoms with Crippen LogP contribution in [0.5, 0.6) is 0 Å². The first kappa shape index (κ1) is 37.3. The minimum absolute atomic E-state index is 0. The maximum Gasteiger partial charge on any atom is 2.00 e. The molecule has 5 nitrogen and oxygen atoms in total. The third-order valence-corrected chi connectivity index (χ3v) is 3.94. The van der Waals surface area contributed by atoms with Crippen molar-refractivity contribution in [2.24, 2.45) is 0 Å². The molecule has 0 aromatic heterocycles. The van der Waals surface area contributed by atoms with Gasteiger partial charge in [-0.05, 0) is 39.5 Å². The van der Waals surface area contributed by atoms with Crippen LogP contribution >= 0.6 is 0 Å². The monoisotopic (exact) mass is 485 g/mol. The molecule has 0 fully saturated rings. The normalized spacial score (nSPS) is 9.41. The molecule has 0 amide bonds. The molecule has 0 aromatic rings. The van der Waals surface area contributed by atoms with Gasteiger partial charge in [0, 0.05) is 11.9 Å². The second-order valence-electron chi connectivity index (χ2n) is 6.63. The summed E-state index contributed by atoms with van der Waals surface area (Å²) in [6.45, 7) is 17.0. The van der Waals surface area contributed by atoms with Gasteiger partial charge in [-0.3, -0.25) is 0 Å². The summed E-state index contributed by atoms with van der Waals surface area (Å²) in [7, 11) is 0. The molecule has 168 valence electrons. The Bertz CT molecular complexity index is 261. The van der Waals surface area contributed by atoms with Crippen LogP contribution in [-0.4, -0.2) is 42.6 Å². The van der Waals surface area contributed by atoms with Crippen LogP contribution in [0.15, 0.2) is 0 Å². The summed E-state index contributed by atoms with van der Waals surface area (Å²) in [5, 5.41) is 17.8. The van der Waals surface area contributed by atoms with Crippen molar-refractivity contribution >= 4 is 11.9 Å². The fourth-order valence-corrected chi connectivity index (χ4v) is 2.64. The van der Waals surface area contributed by atoms with Crippen LogP contribution in [-0.2, 0) is 30.0 Å². The summed E-state index contributed by atoms with van der Waals surface area (Å²) in [5.41, 5.74) is 0. The molecule has 0 aliphatic heterocycles. The van der Waals surface area contributed by atoms with Crippen molar-refractivity contribution < 1.29 is 49.4 Å². The third-order valence-electron chi connectivity index (χ3n) is 3.94. The Morgan fingerprint density at radius 1 is 0.630 bits per heavy atom. The fourth-order valence-electron chi connectivity index (χ4n) is 2.64. The van der Waals surface area contributed by atoms with Crippen LogP contribution in [0.4, 0.5) is 0 Å². The summed E-state index contributed by atoms with van der Waals surface area (Å²) in [6.07, 6.45) is 11.1. The predicted molar refractivity (Wildman–Crippen MR) is 101 cm³/mol. The zero-order chi connectivity index (χ0) is 20.1. The van der Waals surface area contributed by atoms with E-state index in [1.807, 2.05) is 0 Å². The van der Waals surface area contributed by atoms with E-state index < -0.39 is 11.9 Å². The van der Waals surface area contributed by atoms with Gasteiger partial charge in [-0.2, -0.15) is 0 Å². The number of carbonyl (C=O) groups excluding carboxylic acids is 2. The van der Waals surface area contributed by atoms with E-state index in [0.717, 1.165) is 13.8 Å². The van der Waals surface area contributed by atoms with Crippen molar-refractivity contribution in [3.8, 4) is 0 Å². The quantitative estimate of drug-likeness (QED) is 0.276. The van der Waals surface area contributed by atoms with Gasteiger partial charge in [-0.15, -0.1) is 0 Å². The summed E-state index contributed by atoms with van der Waals surface area (Å²) in [5.74, 6) is -2.17. The second kappa shape index (κ2) is 27.7. The molecule has 0 spiro atoms. The van der Waals surface area contributed by atoms with Crippen molar-refractivity contribution in [3.05, 3.63) is 0 Å². The van der Waals surface area contributed by atoms with Gasteiger partial charge in [0.2, 0.25) is 0 Å². The predicted octanol–water partition coefficient (Wildman–Crippen LogP) is -0.482. The van der Waals surface area contributed by atoms with Gasteiger partial charge in [0.15, 0.2) is 0 Å². The van der Waals surface area contributed by atoms with E-state index in [1.165, 1.54) is 82.0 Å². The molecule has 7 heteroatoms. The van der Waals surface area contributed by atoms with Crippen LogP contribution < -0.4 is 14.9 Å². The fraction of sp³-hybridized carbons (Fsp3) is 0.900. The first-order valence-electron chi connectivity index (χ1n) is 9.91. The molecule has 0 saturated carbocycles. The summed E-state index contributed by atoms with van der Waals surface area (Å²) in [4.78, 5) is 17.8. The van der Waals surface area contributed by atoms with Crippen LogP contribution in [0.3, 0.4) is 0 Å². The third kappa shape index (κ3) is 37.0. The molecular formula is C20H42FNO4Pd. The molecule has 0 heterocycles. The Morgan fingerprint density at radius 2 is 0.778 bits per heavy atom. The maximum atomic E-state index is 8.89. The van der Waals surface area contributed by atoms with Gasteiger partial charge < -0.3 is 29.0 Å². The van der Waals surface area contributed by atoms with Gasteiger partial charge in [0.1, 0.15) is 0 Å². The Morgan fingerprint density at radius 3 is 0.889 bits per heavy atom. The van der Waals surface area contributed by atoms with Crippen LogP contribution in [0.2, 0.25) is 0 Å². The molecule has 0 bridgehead atoms. The number of nitrogens with zero attached hydrogens (tertiary/aromatic N) is 1. The molecule has 0 rings (SSSR count). The Kier molecular flexibility index (Phi) is 38.2. The standard InChI is InChI=1S/C16H36N.2C2H4O2.FH.Pd/c1-5-9-13-17(14-10-6-2,15-11-7-3)16-12-8-4;2*1-2(3)4;;/h5-16H2,1-4H3;2*1H3,(H,3,4);1H;/q+1;;;;+2/p-3. The van der Waals surface area contributed by atoms with Crippen molar-refractivity contribution in [2.45, 2.75) is 92.9 Å². The number of carboxylic acid groups (broad SMARTS) is 2. The topological polar surface area (TPSA) is 80.3 Å². The number of carbonyl (C=O) groups is 2. The average Bonchev–Trinajstić information content (AvgIpc) is 2.52. The second-order valence-corrected chi connectivity index (χ2v) is 6.63. The van der Waals surface area contributed by atoms with E-state index in [0.29, 0.717) is 0 Å². The van der Waals surface area contributed by atoms with Crippen molar-refractivity contribution in [1.82, 2.24) is 0 Å². The van der Waals surface area contributed by atoms with Gasteiger partial charge >= 0.3 is 20.4 Å². The Hall–Kier alpha value is -0.508. The van der Waals surface area contributed by atoms with E-state index in [1.54, 1.807) is 0 Å². The Balaban J connectivity index is -0.000000136. The zero-order valence-corrected chi connectivity index (χ0v) is 19.8. The van der Waals surface area contributed by atoms with Crippen LogP contribution in [0, 0.1) is 0 Å². The van der Waals surface area contributed by atoms with Gasteiger partial charge in [0.25, 0.3) is 0 Å². The molecule has 0 aliphatic rings. The van der Waals surface area contributed by atoms with E-state index in [4.69, 9.17) is 19.8 Å². The van der Waals surface area contributed by atoms with Gasteiger partial charge in [-0.1, -0.05) is 53.4 Å². The van der Waals surface area contributed by atoms with Crippen molar-refractivity contribution in [1.29, 1.82) is 0 Å². The van der Waals surface area contributed by atoms with Crippen LogP contribution in [0.25, 0.3) is 0 Å². The average molecular weight is 486 g/mol. The van der Waals surface area contributed by atoms with E-state index in [9.17, 15) is 0 Å². The number of aliphatic carboxylic acids is 2. The van der Waals surface area contributed by atoms with Crippen molar-refractivity contribution in [3.63, 3.8) is 0 Å². The first-order valence-corrected chi connectivity index (χ1v) is 9.91. The molecule has 0 aromatic carbocycles. The number of unbranched alkanes of at least 4 members (excludes halogenated alkanes) is 4. The Labute approximate surface area is 180 Å². The maximum absolute atomic E-state index is 8.89. The van der Waals surface area contributed by atoms with Gasteiger partial charge in [-0.25, -0.2) is 0 Å². The number of hydrogen-bond acceptors (Lipinski definition) is 4. The van der Waals surface area contributed by atoms with E-state index in [-0.39, 0.29) is 25.1 Å². The largest absolute Gasteiger partial charge is 2.00 e. The smallest absolute Gasteiger partial charge is 1.00 e. The first-order chi connectivity index (χ1) is 11.7. The van der Waals surface area contributed by atoms with Gasteiger partial charge in [0.05, 0.1) is 26.2 Å². The number of rotatable bonds is 12. The zero-order valence-electron chi connectivity index (χ0n) is 18.3. The van der Waals surface area contributed by atoms with E-state index >= 15 is 0 Å². The molecule has 0 N–H and O–H groups in total. The number of quaternary nitrogens is 1. The number of halogens is 1. The number of carboxylic acids is 2. The summed E-state index contributed by atoms with van der Waals surface area (Å²) in [6, 6.07) is 0. The molecule has 0 aliphatic carbocycles. The molecule has 0 radical (unpaired) electrons. The molecular weight excluding hydrogens is 444 g/mol.